The van der Waals surface area contributed by atoms with Crippen molar-refractivity contribution in [1.82, 2.24) is 0 Å². The van der Waals surface area contributed by atoms with Crippen LogP contribution in [0, 0.1) is 0 Å². The number of esters is 1. The second-order valence-corrected chi connectivity index (χ2v) is 4.58. The van der Waals surface area contributed by atoms with Crippen molar-refractivity contribution in [3.05, 3.63) is 65.7 Å². The zero-order chi connectivity index (χ0) is 14.4. The summed E-state index contributed by atoms with van der Waals surface area (Å²) in [6.45, 7) is 4.26. The highest BCUT2D eigenvalue weighted by Gasteiger charge is 2.10. The molecule has 0 aliphatic carbocycles. The molecule has 1 unspecified atom stereocenters. The van der Waals surface area contributed by atoms with E-state index in [0.717, 1.165) is 11.3 Å². The number of carbonyl (C=O) groups excluding carboxylic acids is 1. The van der Waals surface area contributed by atoms with Gasteiger partial charge in [-0.25, -0.2) is 4.79 Å². The largest absolute Gasteiger partial charge is 0.462 e. The molecule has 1 atom stereocenters. The smallest absolute Gasteiger partial charge is 0.338 e. The molecule has 0 aliphatic rings. The van der Waals surface area contributed by atoms with Crippen LogP contribution in [0.2, 0.25) is 0 Å². The fourth-order valence-electron chi connectivity index (χ4n) is 2.02. The van der Waals surface area contributed by atoms with Crippen molar-refractivity contribution in [1.29, 1.82) is 0 Å². The summed E-state index contributed by atoms with van der Waals surface area (Å²) in [5.74, 6) is -0.277. The molecule has 0 aliphatic heterocycles. The highest BCUT2D eigenvalue weighted by Crippen LogP contribution is 2.20. The average Bonchev–Trinajstić information content (AvgIpc) is 2.48. The molecule has 2 rings (SSSR count). The Labute approximate surface area is 131 Å². The SMILES string of the molecule is CCOC(=O)c1cccc(C(C)Nc2ccccc2)c1.Cl. The van der Waals surface area contributed by atoms with Gasteiger partial charge in [-0.15, -0.1) is 12.4 Å². The van der Waals surface area contributed by atoms with Gasteiger partial charge in [-0.05, 0) is 43.7 Å². The van der Waals surface area contributed by atoms with Gasteiger partial charge in [-0.3, -0.25) is 0 Å². The topological polar surface area (TPSA) is 38.3 Å². The van der Waals surface area contributed by atoms with Gasteiger partial charge in [-0.1, -0.05) is 30.3 Å². The molecular formula is C17H20ClNO2. The van der Waals surface area contributed by atoms with E-state index in [1.54, 1.807) is 13.0 Å². The molecule has 0 aromatic heterocycles. The zero-order valence-corrected chi connectivity index (χ0v) is 13.0. The number of halogens is 1. The summed E-state index contributed by atoms with van der Waals surface area (Å²) in [5.41, 5.74) is 2.70. The molecule has 4 heteroatoms. The van der Waals surface area contributed by atoms with Crippen molar-refractivity contribution in [2.24, 2.45) is 0 Å². The molecule has 0 fully saturated rings. The summed E-state index contributed by atoms with van der Waals surface area (Å²) in [5, 5.41) is 3.40. The van der Waals surface area contributed by atoms with Crippen LogP contribution in [0.4, 0.5) is 5.69 Å². The number of benzene rings is 2. The Balaban J connectivity index is 0.00000220. The summed E-state index contributed by atoms with van der Waals surface area (Å²) >= 11 is 0. The van der Waals surface area contributed by atoms with Crippen LogP contribution in [0.5, 0.6) is 0 Å². The number of anilines is 1. The van der Waals surface area contributed by atoms with Crippen molar-refractivity contribution < 1.29 is 9.53 Å². The number of ether oxygens (including phenoxy) is 1. The Hall–Kier alpha value is -2.00. The Morgan fingerprint density at radius 3 is 2.52 bits per heavy atom. The highest BCUT2D eigenvalue weighted by molar-refractivity contribution is 5.89. The van der Waals surface area contributed by atoms with E-state index >= 15 is 0 Å². The predicted octanol–water partition coefficient (Wildman–Crippen LogP) is 4.46. The third kappa shape index (κ3) is 4.80. The van der Waals surface area contributed by atoms with Crippen LogP contribution in [0.15, 0.2) is 54.6 Å². The quantitative estimate of drug-likeness (QED) is 0.829. The first-order valence-corrected chi connectivity index (χ1v) is 6.79. The van der Waals surface area contributed by atoms with Crippen molar-refractivity contribution >= 4 is 24.1 Å². The van der Waals surface area contributed by atoms with Crippen LogP contribution >= 0.6 is 12.4 Å². The fraction of sp³-hybridized carbons (Fsp3) is 0.235. The standard InChI is InChI=1S/C17H19NO2.ClH/c1-3-20-17(19)15-9-7-8-14(12-15)13(2)18-16-10-5-4-6-11-16;/h4-13,18H,3H2,1-2H3;1H. The van der Waals surface area contributed by atoms with Gasteiger partial charge in [0, 0.05) is 11.7 Å². The first kappa shape index (κ1) is 17.1. The van der Waals surface area contributed by atoms with E-state index < -0.39 is 0 Å². The van der Waals surface area contributed by atoms with Crippen LogP contribution in [-0.4, -0.2) is 12.6 Å². The molecule has 0 radical (unpaired) electrons. The lowest BCUT2D eigenvalue weighted by Crippen LogP contribution is -2.09. The van der Waals surface area contributed by atoms with Crippen LogP contribution in [0.1, 0.15) is 35.8 Å². The summed E-state index contributed by atoms with van der Waals surface area (Å²) < 4.78 is 5.02. The Morgan fingerprint density at radius 1 is 1.14 bits per heavy atom. The molecule has 0 bridgehead atoms. The lowest BCUT2D eigenvalue weighted by atomic mass is 10.0. The maximum absolute atomic E-state index is 11.7. The Bertz CT molecular complexity index is 572. The minimum Gasteiger partial charge on any atom is -0.462 e. The number of hydrogen-bond acceptors (Lipinski definition) is 3. The second kappa shape index (κ2) is 8.32. The van der Waals surface area contributed by atoms with Gasteiger partial charge in [0.15, 0.2) is 0 Å². The number of nitrogens with one attached hydrogen (secondary N) is 1. The summed E-state index contributed by atoms with van der Waals surface area (Å²) in [7, 11) is 0. The number of hydrogen-bond donors (Lipinski definition) is 1. The molecule has 1 N–H and O–H groups in total. The third-order valence-corrected chi connectivity index (χ3v) is 3.05. The molecule has 0 saturated carbocycles. The molecule has 3 nitrogen and oxygen atoms in total. The highest BCUT2D eigenvalue weighted by atomic mass is 35.5. The van der Waals surface area contributed by atoms with Crippen molar-refractivity contribution in [3.8, 4) is 0 Å². The average molecular weight is 306 g/mol. The van der Waals surface area contributed by atoms with E-state index in [2.05, 4.69) is 12.2 Å². The van der Waals surface area contributed by atoms with E-state index in [4.69, 9.17) is 4.74 Å². The fourth-order valence-corrected chi connectivity index (χ4v) is 2.02. The van der Waals surface area contributed by atoms with Gasteiger partial charge in [0.05, 0.1) is 12.2 Å². The van der Waals surface area contributed by atoms with Crippen LogP contribution in [0.25, 0.3) is 0 Å². The lowest BCUT2D eigenvalue weighted by Gasteiger charge is -2.16. The van der Waals surface area contributed by atoms with Crippen molar-refractivity contribution in [3.63, 3.8) is 0 Å². The van der Waals surface area contributed by atoms with Crippen LogP contribution < -0.4 is 5.32 Å². The number of rotatable bonds is 5. The number of para-hydroxylation sites is 1. The normalized spacial score (nSPS) is 11.1. The predicted molar refractivity (Wildman–Crippen MR) is 88.1 cm³/mol. The summed E-state index contributed by atoms with van der Waals surface area (Å²) in [6.07, 6.45) is 0. The zero-order valence-electron chi connectivity index (χ0n) is 12.2. The molecule has 2 aromatic rings. The van der Waals surface area contributed by atoms with E-state index in [1.165, 1.54) is 0 Å². The third-order valence-electron chi connectivity index (χ3n) is 3.05. The Kier molecular flexibility index (Phi) is 6.76. The van der Waals surface area contributed by atoms with Gasteiger partial charge in [0.25, 0.3) is 0 Å². The van der Waals surface area contributed by atoms with Gasteiger partial charge >= 0.3 is 5.97 Å². The minimum absolute atomic E-state index is 0. The van der Waals surface area contributed by atoms with E-state index in [0.29, 0.717) is 12.2 Å². The molecule has 112 valence electrons. The van der Waals surface area contributed by atoms with E-state index in [1.807, 2.05) is 48.5 Å². The molecule has 0 heterocycles. The van der Waals surface area contributed by atoms with Gasteiger partial charge in [0.2, 0.25) is 0 Å². The van der Waals surface area contributed by atoms with Gasteiger partial charge in [-0.2, -0.15) is 0 Å². The molecule has 2 aromatic carbocycles. The molecule has 0 spiro atoms. The molecule has 0 amide bonds. The Morgan fingerprint density at radius 2 is 1.86 bits per heavy atom. The van der Waals surface area contributed by atoms with Crippen LogP contribution in [0.3, 0.4) is 0 Å². The van der Waals surface area contributed by atoms with Crippen molar-refractivity contribution in [2.45, 2.75) is 19.9 Å². The maximum atomic E-state index is 11.7. The van der Waals surface area contributed by atoms with Crippen LogP contribution in [-0.2, 0) is 4.74 Å². The first-order valence-electron chi connectivity index (χ1n) is 6.79. The summed E-state index contributed by atoms with van der Waals surface area (Å²) in [6, 6.07) is 17.7. The van der Waals surface area contributed by atoms with Gasteiger partial charge < -0.3 is 10.1 Å². The minimum atomic E-state index is -0.277. The second-order valence-electron chi connectivity index (χ2n) is 4.58. The molecule has 21 heavy (non-hydrogen) atoms. The first-order chi connectivity index (χ1) is 9.70. The maximum Gasteiger partial charge on any atom is 0.338 e. The van der Waals surface area contributed by atoms with Gasteiger partial charge in [0.1, 0.15) is 0 Å². The monoisotopic (exact) mass is 305 g/mol. The van der Waals surface area contributed by atoms with Crippen molar-refractivity contribution in [2.75, 3.05) is 11.9 Å². The molecular weight excluding hydrogens is 286 g/mol. The van der Waals surface area contributed by atoms with E-state index in [9.17, 15) is 4.79 Å². The summed E-state index contributed by atoms with van der Waals surface area (Å²) in [4.78, 5) is 11.7. The molecule has 0 saturated heterocycles. The van der Waals surface area contributed by atoms with E-state index in [-0.39, 0.29) is 24.4 Å². The lowest BCUT2D eigenvalue weighted by molar-refractivity contribution is 0.0526. The number of carbonyl (C=O) groups is 1.